The lowest BCUT2D eigenvalue weighted by atomic mass is 10.0. The summed E-state index contributed by atoms with van der Waals surface area (Å²) in [7, 11) is 0. The number of aliphatic hydroxyl groups excluding tert-OH is 1. The van der Waals surface area contributed by atoms with E-state index in [1.807, 2.05) is 0 Å². The summed E-state index contributed by atoms with van der Waals surface area (Å²) in [4.78, 5) is 0. The lowest BCUT2D eigenvalue weighted by Crippen LogP contribution is -2.36. The molecule has 3 nitrogen and oxygen atoms in total. The monoisotopic (exact) mass is 133 g/mol. The SMILES string of the molecule is CCC(O)(C#N)C(O)F. The lowest BCUT2D eigenvalue weighted by molar-refractivity contribution is -0.108. The highest BCUT2D eigenvalue weighted by Gasteiger charge is 2.33. The first-order valence-electron chi connectivity index (χ1n) is 2.52. The van der Waals surface area contributed by atoms with E-state index in [-0.39, 0.29) is 6.42 Å². The first kappa shape index (κ1) is 8.34. The highest BCUT2D eigenvalue weighted by molar-refractivity contribution is 5.00. The maximum atomic E-state index is 11.8. The Morgan fingerprint density at radius 1 is 1.89 bits per heavy atom. The van der Waals surface area contributed by atoms with Gasteiger partial charge < -0.3 is 10.2 Å². The molecule has 0 spiro atoms. The molecule has 2 unspecified atom stereocenters. The summed E-state index contributed by atoms with van der Waals surface area (Å²) in [6, 6.07) is 1.26. The van der Waals surface area contributed by atoms with E-state index in [2.05, 4.69) is 0 Å². The summed E-state index contributed by atoms with van der Waals surface area (Å²) in [5, 5.41) is 24.9. The van der Waals surface area contributed by atoms with Gasteiger partial charge in [-0.05, 0) is 6.42 Å². The fraction of sp³-hybridized carbons (Fsp3) is 0.800. The molecule has 2 N–H and O–H groups in total. The average Bonchev–Trinajstić information content (AvgIpc) is 1.86. The van der Waals surface area contributed by atoms with Gasteiger partial charge in [0.2, 0.25) is 12.0 Å². The van der Waals surface area contributed by atoms with Crippen molar-refractivity contribution >= 4 is 0 Å². The molecule has 0 heterocycles. The first-order chi connectivity index (χ1) is 4.06. The van der Waals surface area contributed by atoms with Crippen molar-refractivity contribution in [2.45, 2.75) is 25.3 Å². The fourth-order valence-electron chi connectivity index (χ4n) is 0.301. The predicted octanol–water partition coefficient (Wildman–Crippen LogP) is -0.0610. The molecule has 0 radical (unpaired) electrons. The van der Waals surface area contributed by atoms with Crippen LogP contribution in [0.5, 0.6) is 0 Å². The van der Waals surface area contributed by atoms with Crippen LogP contribution in [0, 0.1) is 11.3 Å². The Hall–Kier alpha value is -0.660. The normalized spacial score (nSPS) is 19.9. The minimum Gasteiger partial charge on any atom is -0.371 e. The Morgan fingerprint density at radius 3 is 2.33 bits per heavy atom. The summed E-state index contributed by atoms with van der Waals surface area (Å²) in [6.07, 6.45) is -2.60. The van der Waals surface area contributed by atoms with Gasteiger partial charge in [0.05, 0.1) is 0 Å². The highest BCUT2D eigenvalue weighted by atomic mass is 19.1. The second-order valence-electron chi connectivity index (χ2n) is 1.73. The zero-order valence-corrected chi connectivity index (χ0v) is 5.00. The molecule has 0 aliphatic rings. The number of aliphatic hydroxyl groups is 2. The van der Waals surface area contributed by atoms with Gasteiger partial charge >= 0.3 is 0 Å². The summed E-state index contributed by atoms with van der Waals surface area (Å²) in [5.41, 5.74) is -2.22. The van der Waals surface area contributed by atoms with Gasteiger partial charge in [-0.2, -0.15) is 5.26 Å². The minimum absolute atomic E-state index is 0.124. The highest BCUT2D eigenvalue weighted by Crippen LogP contribution is 2.14. The van der Waals surface area contributed by atoms with Crippen LogP contribution in [-0.4, -0.2) is 22.2 Å². The molecule has 0 aliphatic heterocycles. The van der Waals surface area contributed by atoms with Gasteiger partial charge in [-0.25, -0.2) is 4.39 Å². The van der Waals surface area contributed by atoms with Crippen LogP contribution < -0.4 is 0 Å². The third kappa shape index (κ3) is 1.63. The van der Waals surface area contributed by atoms with Crippen molar-refractivity contribution in [2.75, 3.05) is 0 Å². The third-order valence-corrected chi connectivity index (χ3v) is 1.13. The second-order valence-corrected chi connectivity index (χ2v) is 1.73. The van der Waals surface area contributed by atoms with E-state index in [1.54, 1.807) is 0 Å². The zero-order valence-electron chi connectivity index (χ0n) is 5.00. The van der Waals surface area contributed by atoms with Crippen molar-refractivity contribution in [3.05, 3.63) is 0 Å². The second kappa shape index (κ2) is 2.76. The van der Waals surface area contributed by atoms with Crippen LogP contribution in [0.3, 0.4) is 0 Å². The Bertz CT molecular complexity index is 131. The summed E-state index contributed by atoms with van der Waals surface area (Å²) >= 11 is 0. The number of rotatable bonds is 2. The fourth-order valence-corrected chi connectivity index (χ4v) is 0.301. The van der Waals surface area contributed by atoms with Gasteiger partial charge in [0.15, 0.2) is 0 Å². The van der Waals surface area contributed by atoms with E-state index in [0.29, 0.717) is 0 Å². The van der Waals surface area contributed by atoms with Crippen LogP contribution in [0.25, 0.3) is 0 Å². The van der Waals surface area contributed by atoms with Crippen molar-refractivity contribution in [1.82, 2.24) is 0 Å². The van der Waals surface area contributed by atoms with Crippen molar-refractivity contribution in [3.63, 3.8) is 0 Å². The Kier molecular flexibility index (Phi) is 2.56. The molecule has 0 aromatic carbocycles. The number of nitriles is 1. The van der Waals surface area contributed by atoms with E-state index in [0.717, 1.165) is 0 Å². The van der Waals surface area contributed by atoms with Crippen LogP contribution in [-0.2, 0) is 0 Å². The molecule has 0 aliphatic carbocycles. The molecule has 4 heteroatoms. The van der Waals surface area contributed by atoms with Gasteiger partial charge in [-0.3, -0.25) is 0 Å². The van der Waals surface area contributed by atoms with Crippen molar-refractivity contribution in [3.8, 4) is 6.07 Å². The maximum absolute atomic E-state index is 11.8. The predicted molar refractivity (Wildman–Crippen MR) is 28.0 cm³/mol. The largest absolute Gasteiger partial charge is 0.371 e. The molecule has 0 saturated heterocycles. The minimum atomic E-state index is -2.48. The third-order valence-electron chi connectivity index (χ3n) is 1.13. The summed E-state index contributed by atoms with van der Waals surface area (Å²) in [6.45, 7) is 1.41. The number of hydrogen-bond donors (Lipinski definition) is 2. The van der Waals surface area contributed by atoms with Gasteiger partial charge in [0.1, 0.15) is 6.07 Å². The Morgan fingerprint density at radius 2 is 2.33 bits per heavy atom. The van der Waals surface area contributed by atoms with Gasteiger partial charge in [-0.1, -0.05) is 6.92 Å². The average molecular weight is 133 g/mol. The number of halogens is 1. The first-order valence-corrected chi connectivity index (χ1v) is 2.52. The molecule has 0 fully saturated rings. The topological polar surface area (TPSA) is 64.2 Å². The maximum Gasteiger partial charge on any atom is 0.239 e. The van der Waals surface area contributed by atoms with Crippen LogP contribution in [0.1, 0.15) is 13.3 Å². The molecule has 0 rings (SSSR count). The molecule has 0 amide bonds. The molecule has 9 heavy (non-hydrogen) atoms. The molecular weight excluding hydrogens is 125 g/mol. The van der Waals surface area contributed by atoms with Crippen molar-refractivity contribution in [2.24, 2.45) is 0 Å². The van der Waals surface area contributed by atoms with E-state index >= 15 is 0 Å². The number of hydrogen-bond acceptors (Lipinski definition) is 3. The molecule has 0 saturated carbocycles. The number of nitrogens with zero attached hydrogens (tertiary/aromatic N) is 1. The van der Waals surface area contributed by atoms with Crippen molar-refractivity contribution in [1.29, 1.82) is 5.26 Å². The summed E-state index contributed by atoms with van der Waals surface area (Å²) in [5.74, 6) is 0. The van der Waals surface area contributed by atoms with Crippen LogP contribution in [0.2, 0.25) is 0 Å². The molecule has 0 aromatic heterocycles. The van der Waals surface area contributed by atoms with Crippen molar-refractivity contribution < 1.29 is 14.6 Å². The van der Waals surface area contributed by atoms with E-state index in [9.17, 15) is 4.39 Å². The molecule has 52 valence electrons. The van der Waals surface area contributed by atoms with Gasteiger partial charge in [0, 0.05) is 0 Å². The Labute approximate surface area is 52.3 Å². The van der Waals surface area contributed by atoms with Gasteiger partial charge in [-0.15, -0.1) is 0 Å². The Balaban J connectivity index is 4.14. The quantitative estimate of drug-likeness (QED) is 0.518. The lowest BCUT2D eigenvalue weighted by Gasteiger charge is -2.17. The number of alkyl halides is 1. The molecule has 0 bridgehead atoms. The van der Waals surface area contributed by atoms with Crippen LogP contribution in [0.15, 0.2) is 0 Å². The molecular formula is C5H8FNO2. The molecule has 2 atom stereocenters. The smallest absolute Gasteiger partial charge is 0.239 e. The van der Waals surface area contributed by atoms with E-state index in [1.165, 1.54) is 13.0 Å². The standard InChI is InChI=1S/C5H8FNO2/c1-2-5(9,3-7)4(6)8/h4,8-9H,2H2,1H3. The van der Waals surface area contributed by atoms with E-state index < -0.39 is 12.0 Å². The van der Waals surface area contributed by atoms with Crippen LogP contribution >= 0.6 is 0 Å². The molecule has 0 aromatic rings. The van der Waals surface area contributed by atoms with Crippen LogP contribution in [0.4, 0.5) is 4.39 Å². The zero-order chi connectivity index (χ0) is 7.49. The summed E-state index contributed by atoms with van der Waals surface area (Å²) < 4.78 is 11.8. The van der Waals surface area contributed by atoms with E-state index in [4.69, 9.17) is 15.5 Å². The van der Waals surface area contributed by atoms with Gasteiger partial charge in [0.25, 0.3) is 0 Å².